The summed E-state index contributed by atoms with van der Waals surface area (Å²) in [6.45, 7) is -1.15. The predicted molar refractivity (Wildman–Crippen MR) is 39.2 cm³/mol. The van der Waals surface area contributed by atoms with Crippen LogP contribution in [0.5, 0.6) is 0 Å². The third-order valence-electron chi connectivity index (χ3n) is 1.44. The zero-order chi connectivity index (χ0) is 9.72. The van der Waals surface area contributed by atoms with Crippen LogP contribution in [0.15, 0.2) is 0 Å². The highest BCUT2D eigenvalue weighted by molar-refractivity contribution is 5.84. The van der Waals surface area contributed by atoms with E-state index >= 15 is 0 Å². The minimum atomic E-state index is -1.78. The molecule has 6 N–H and O–H groups in total. The number of hydrogen-bond donors (Lipinski definition) is 5. The molecular weight excluding hydrogens is 166 g/mol. The fourth-order valence-electron chi connectivity index (χ4n) is 0.634. The molecule has 3 atom stereocenters. The molecule has 6 nitrogen and oxygen atoms in total. The third-order valence-corrected chi connectivity index (χ3v) is 1.44. The van der Waals surface area contributed by atoms with Crippen LogP contribution in [0.1, 0.15) is 0 Å². The Kier molecular flexibility index (Phi) is 4.95. The number of rotatable bonds is 5. The van der Waals surface area contributed by atoms with Gasteiger partial charge in [0, 0.05) is 6.54 Å². The van der Waals surface area contributed by atoms with E-state index in [1.807, 2.05) is 0 Å². The molecule has 72 valence electrons. The molecule has 0 aliphatic heterocycles. The molecule has 12 heavy (non-hydrogen) atoms. The van der Waals surface area contributed by atoms with Gasteiger partial charge in [-0.3, -0.25) is 4.79 Å². The van der Waals surface area contributed by atoms with Gasteiger partial charge in [-0.15, -0.1) is 0 Å². The molecule has 0 saturated carbocycles. The van der Waals surface area contributed by atoms with Gasteiger partial charge < -0.3 is 26.2 Å². The van der Waals surface area contributed by atoms with Crippen molar-refractivity contribution in [2.45, 2.75) is 18.3 Å². The summed E-state index contributed by atoms with van der Waals surface area (Å²) in [6.07, 6.45) is -4.79. The van der Waals surface area contributed by atoms with Crippen LogP contribution >= 0.6 is 0 Å². The Hall–Kier alpha value is -0.530. The average Bonchev–Trinajstić information content (AvgIpc) is 2.12. The number of carbonyl (C=O) groups excluding carboxylic acids is 1. The zero-order valence-electron chi connectivity index (χ0n) is 6.42. The standard InChI is InChI=1S/C6H13NO5/c7-1-3(9)5(11)6(12)4(10)2-8/h3,5-6,8-9,11-12H,1-2,7H2/t3-,5-,6-/m1/s1. The second-order valence-electron chi connectivity index (χ2n) is 2.36. The summed E-state index contributed by atoms with van der Waals surface area (Å²) >= 11 is 0. The van der Waals surface area contributed by atoms with Crippen LogP contribution < -0.4 is 5.73 Å². The van der Waals surface area contributed by atoms with Crippen molar-refractivity contribution in [3.63, 3.8) is 0 Å². The van der Waals surface area contributed by atoms with Crippen LogP contribution in [0.25, 0.3) is 0 Å². The lowest BCUT2D eigenvalue weighted by molar-refractivity contribution is -0.140. The number of aliphatic hydroxyl groups excluding tert-OH is 4. The van der Waals surface area contributed by atoms with Gasteiger partial charge in [-0.25, -0.2) is 0 Å². The molecule has 0 aliphatic rings. The molecule has 0 saturated heterocycles. The first kappa shape index (κ1) is 11.5. The quantitative estimate of drug-likeness (QED) is 0.299. The zero-order valence-corrected chi connectivity index (χ0v) is 6.42. The highest BCUT2D eigenvalue weighted by atomic mass is 16.4. The van der Waals surface area contributed by atoms with Crippen molar-refractivity contribution in [3.05, 3.63) is 0 Å². The monoisotopic (exact) mass is 179 g/mol. The Labute approximate surface area is 69.2 Å². The number of aliphatic hydroxyl groups is 4. The number of nitrogens with two attached hydrogens (primary N) is 1. The number of hydrogen-bond acceptors (Lipinski definition) is 6. The van der Waals surface area contributed by atoms with Crippen molar-refractivity contribution < 1.29 is 25.2 Å². The van der Waals surface area contributed by atoms with Crippen molar-refractivity contribution in [1.82, 2.24) is 0 Å². The molecule has 0 radical (unpaired) electrons. The first-order valence-corrected chi connectivity index (χ1v) is 3.42. The van der Waals surface area contributed by atoms with Gasteiger partial charge in [-0.05, 0) is 0 Å². The maximum Gasteiger partial charge on any atom is 0.189 e. The molecule has 6 heteroatoms. The van der Waals surface area contributed by atoms with Crippen LogP contribution in [0, 0.1) is 0 Å². The van der Waals surface area contributed by atoms with Crippen molar-refractivity contribution in [3.8, 4) is 0 Å². The largest absolute Gasteiger partial charge is 0.389 e. The van der Waals surface area contributed by atoms with E-state index < -0.39 is 30.7 Å². The summed E-state index contributed by atoms with van der Waals surface area (Å²) in [5, 5.41) is 35.0. The van der Waals surface area contributed by atoms with E-state index in [-0.39, 0.29) is 6.54 Å². The van der Waals surface area contributed by atoms with Gasteiger partial charge >= 0.3 is 0 Å². The van der Waals surface area contributed by atoms with Crippen LogP contribution in [0.2, 0.25) is 0 Å². The summed E-state index contributed by atoms with van der Waals surface area (Å²) < 4.78 is 0. The van der Waals surface area contributed by atoms with E-state index in [2.05, 4.69) is 0 Å². The number of ketones is 1. The van der Waals surface area contributed by atoms with Crippen molar-refractivity contribution in [2.24, 2.45) is 5.73 Å². The fraction of sp³-hybridized carbons (Fsp3) is 0.833. The highest BCUT2D eigenvalue weighted by Crippen LogP contribution is 1.99. The molecule has 0 aliphatic carbocycles. The Morgan fingerprint density at radius 3 is 2.17 bits per heavy atom. The first-order chi connectivity index (χ1) is 5.54. The Morgan fingerprint density at radius 1 is 1.33 bits per heavy atom. The summed E-state index contributed by atoms with van der Waals surface area (Å²) in [7, 11) is 0. The lowest BCUT2D eigenvalue weighted by Gasteiger charge is -2.19. The molecule has 0 aromatic heterocycles. The molecule has 0 aromatic rings. The third kappa shape index (κ3) is 2.84. The van der Waals surface area contributed by atoms with Crippen LogP contribution in [0.3, 0.4) is 0 Å². The molecule has 0 bridgehead atoms. The normalized spacial score (nSPS) is 18.4. The van der Waals surface area contributed by atoms with E-state index in [4.69, 9.17) is 26.2 Å². The maximum atomic E-state index is 10.6. The van der Waals surface area contributed by atoms with E-state index in [0.717, 1.165) is 0 Å². The SMILES string of the molecule is NC[C@@H](O)[C@@H](O)[C@H](O)C(=O)CO. The van der Waals surface area contributed by atoms with Crippen molar-refractivity contribution >= 4 is 5.78 Å². The number of Topliss-reactive ketones (excluding diaryl/α,β-unsaturated/α-hetero) is 1. The number of carbonyl (C=O) groups is 1. The lowest BCUT2D eigenvalue weighted by Crippen LogP contribution is -2.46. The van der Waals surface area contributed by atoms with Gasteiger partial charge in [0.15, 0.2) is 5.78 Å². The topological polar surface area (TPSA) is 124 Å². The fourth-order valence-corrected chi connectivity index (χ4v) is 0.634. The maximum absolute atomic E-state index is 10.6. The molecule has 0 spiro atoms. The molecule has 0 aromatic carbocycles. The molecule has 0 rings (SSSR count). The second-order valence-corrected chi connectivity index (χ2v) is 2.36. The van der Waals surface area contributed by atoms with Gasteiger partial charge in [-0.1, -0.05) is 0 Å². The Morgan fingerprint density at radius 2 is 1.83 bits per heavy atom. The van der Waals surface area contributed by atoms with Gasteiger partial charge in [0.2, 0.25) is 0 Å². The average molecular weight is 179 g/mol. The smallest absolute Gasteiger partial charge is 0.189 e. The van der Waals surface area contributed by atoms with Crippen LogP contribution in [0.4, 0.5) is 0 Å². The van der Waals surface area contributed by atoms with Crippen LogP contribution in [-0.2, 0) is 4.79 Å². The summed E-state index contributed by atoms with van der Waals surface area (Å²) in [5.74, 6) is -0.949. The second kappa shape index (κ2) is 5.18. The minimum absolute atomic E-state index is 0.267. The first-order valence-electron chi connectivity index (χ1n) is 3.42. The van der Waals surface area contributed by atoms with Gasteiger partial charge in [0.05, 0.1) is 6.10 Å². The molecular formula is C6H13NO5. The summed E-state index contributed by atoms with van der Waals surface area (Å²) in [5.41, 5.74) is 4.96. The van der Waals surface area contributed by atoms with E-state index in [9.17, 15) is 4.79 Å². The van der Waals surface area contributed by atoms with Crippen LogP contribution in [-0.4, -0.2) is 57.7 Å². The Bertz CT molecular complexity index is 151. The molecule has 0 amide bonds. The van der Waals surface area contributed by atoms with Crippen molar-refractivity contribution in [1.29, 1.82) is 0 Å². The van der Waals surface area contributed by atoms with Gasteiger partial charge in [0.25, 0.3) is 0 Å². The lowest BCUT2D eigenvalue weighted by atomic mass is 10.1. The summed E-state index contributed by atoms with van der Waals surface area (Å²) in [4.78, 5) is 10.6. The highest BCUT2D eigenvalue weighted by Gasteiger charge is 2.28. The van der Waals surface area contributed by atoms with E-state index in [0.29, 0.717) is 0 Å². The molecule has 0 unspecified atom stereocenters. The van der Waals surface area contributed by atoms with Crippen molar-refractivity contribution in [2.75, 3.05) is 13.2 Å². The Balaban J connectivity index is 4.08. The van der Waals surface area contributed by atoms with Gasteiger partial charge in [0.1, 0.15) is 18.8 Å². The molecule has 0 heterocycles. The molecule has 0 fully saturated rings. The minimum Gasteiger partial charge on any atom is -0.389 e. The predicted octanol–water partition coefficient (Wildman–Crippen LogP) is -3.41. The summed E-state index contributed by atoms with van der Waals surface area (Å²) in [6, 6.07) is 0. The van der Waals surface area contributed by atoms with E-state index in [1.54, 1.807) is 0 Å². The van der Waals surface area contributed by atoms with E-state index in [1.165, 1.54) is 0 Å². The van der Waals surface area contributed by atoms with Gasteiger partial charge in [-0.2, -0.15) is 0 Å².